The monoisotopic (exact) mass is 217 g/mol. The van der Waals surface area contributed by atoms with Gasteiger partial charge in [0.1, 0.15) is 0 Å². The van der Waals surface area contributed by atoms with Gasteiger partial charge >= 0.3 is 0 Å². The van der Waals surface area contributed by atoms with Crippen molar-refractivity contribution in [3.63, 3.8) is 0 Å². The number of H-pyrrole nitrogens is 2. The minimum atomic E-state index is -0.341. The molecule has 0 atom stereocenters. The van der Waals surface area contributed by atoms with E-state index in [1.807, 2.05) is 19.1 Å². The van der Waals surface area contributed by atoms with E-state index in [9.17, 15) is 4.79 Å². The summed E-state index contributed by atoms with van der Waals surface area (Å²) in [5, 5.41) is 10.3. The van der Waals surface area contributed by atoms with E-state index in [4.69, 9.17) is 0 Å². The minimum absolute atomic E-state index is 0.320. The third-order valence-electron chi connectivity index (χ3n) is 1.93. The highest BCUT2D eigenvalue weighted by Crippen LogP contribution is 1.96. The summed E-state index contributed by atoms with van der Waals surface area (Å²) in [6.45, 7) is 1.83. The van der Waals surface area contributed by atoms with Gasteiger partial charge in [-0.1, -0.05) is 0 Å². The molecule has 3 N–H and O–H groups in total. The second-order valence-corrected chi connectivity index (χ2v) is 3.26. The van der Waals surface area contributed by atoms with Gasteiger partial charge in [0.25, 0.3) is 5.91 Å². The Morgan fingerprint density at radius 3 is 3.12 bits per heavy atom. The quantitative estimate of drug-likeness (QED) is 0.525. The fourth-order valence-electron chi connectivity index (χ4n) is 1.18. The molecule has 0 saturated carbocycles. The lowest BCUT2D eigenvalue weighted by atomic mass is 10.4. The molecule has 0 saturated heterocycles. The number of carbonyl (C=O) groups excluding carboxylic acids is 1. The van der Waals surface area contributed by atoms with Gasteiger partial charge < -0.3 is 4.98 Å². The topological polar surface area (TPSA) is 85.9 Å². The number of aromatic amines is 2. The van der Waals surface area contributed by atoms with Crippen LogP contribution in [-0.2, 0) is 0 Å². The average Bonchev–Trinajstić information content (AvgIpc) is 2.89. The van der Waals surface area contributed by atoms with Gasteiger partial charge in [-0.05, 0) is 25.1 Å². The van der Waals surface area contributed by atoms with Crippen LogP contribution in [0.3, 0.4) is 0 Å². The van der Waals surface area contributed by atoms with Crippen molar-refractivity contribution in [2.75, 3.05) is 0 Å². The van der Waals surface area contributed by atoms with Gasteiger partial charge in [0.15, 0.2) is 5.69 Å². The molecule has 0 radical (unpaired) electrons. The zero-order chi connectivity index (χ0) is 11.4. The summed E-state index contributed by atoms with van der Waals surface area (Å²) in [5.74, 6) is -0.341. The fraction of sp³-hybridized carbons (Fsp3) is 0.100. The maximum atomic E-state index is 11.5. The molecule has 0 aliphatic carbocycles. The zero-order valence-electron chi connectivity index (χ0n) is 8.69. The van der Waals surface area contributed by atoms with Crippen molar-refractivity contribution in [3.05, 3.63) is 41.5 Å². The van der Waals surface area contributed by atoms with Gasteiger partial charge in [0.2, 0.25) is 0 Å². The highest BCUT2D eigenvalue weighted by atomic mass is 16.2. The van der Waals surface area contributed by atoms with Crippen LogP contribution < -0.4 is 5.43 Å². The van der Waals surface area contributed by atoms with Gasteiger partial charge in [-0.3, -0.25) is 9.89 Å². The number of rotatable bonds is 3. The first kappa shape index (κ1) is 10.2. The summed E-state index contributed by atoms with van der Waals surface area (Å²) >= 11 is 0. The molecule has 2 heterocycles. The van der Waals surface area contributed by atoms with Crippen LogP contribution in [-0.4, -0.2) is 27.3 Å². The first-order chi connectivity index (χ1) is 7.75. The standard InChI is InChI=1S/C10H11N5O/c1-7-5-9(14-13-7)10(16)15-12-6-8-3-2-4-11-8/h2-6,11H,1H3,(H,13,14)(H,15,16)/b12-6-. The summed E-state index contributed by atoms with van der Waals surface area (Å²) in [6.07, 6.45) is 3.30. The molecule has 2 rings (SSSR count). The smallest absolute Gasteiger partial charge is 0.291 e. The Hall–Kier alpha value is -2.37. The van der Waals surface area contributed by atoms with E-state index in [1.54, 1.807) is 12.3 Å². The molecular weight excluding hydrogens is 206 g/mol. The summed E-state index contributed by atoms with van der Waals surface area (Å²) in [4.78, 5) is 14.4. The molecule has 2 aromatic rings. The molecule has 0 aliphatic rings. The van der Waals surface area contributed by atoms with Crippen LogP contribution in [0.2, 0.25) is 0 Å². The van der Waals surface area contributed by atoms with Gasteiger partial charge in [0.05, 0.1) is 11.9 Å². The predicted octanol–water partition coefficient (Wildman–Crippen LogP) is 0.810. The van der Waals surface area contributed by atoms with Crippen molar-refractivity contribution >= 4 is 12.1 Å². The van der Waals surface area contributed by atoms with Crippen LogP contribution in [0.1, 0.15) is 21.9 Å². The van der Waals surface area contributed by atoms with Crippen molar-refractivity contribution in [1.82, 2.24) is 20.6 Å². The molecule has 0 fully saturated rings. The highest BCUT2D eigenvalue weighted by Gasteiger charge is 2.06. The lowest BCUT2D eigenvalue weighted by Crippen LogP contribution is -2.18. The van der Waals surface area contributed by atoms with Gasteiger partial charge in [-0.25, -0.2) is 5.43 Å². The van der Waals surface area contributed by atoms with Gasteiger partial charge in [-0.2, -0.15) is 10.2 Å². The average molecular weight is 217 g/mol. The number of nitrogens with one attached hydrogen (secondary N) is 3. The van der Waals surface area contributed by atoms with Crippen LogP contribution in [0.5, 0.6) is 0 Å². The largest absolute Gasteiger partial charge is 0.360 e. The second-order valence-electron chi connectivity index (χ2n) is 3.26. The van der Waals surface area contributed by atoms with E-state index in [1.165, 1.54) is 6.21 Å². The van der Waals surface area contributed by atoms with Crippen molar-refractivity contribution in [3.8, 4) is 0 Å². The van der Waals surface area contributed by atoms with E-state index in [2.05, 4.69) is 25.7 Å². The Labute approximate surface area is 91.8 Å². The van der Waals surface area contributed by atoms with Gasteiger partial charge in [-0.15, -0.1) is 0 Å². The molecule has 0 bridgehead atoms. The van der Waals surface area contributed by atoms with Crippen LogP contribution in [0.25, 0.3) is 0 Å². The van der Waals surface area contributed by atoms with E-state index in [0.29, 0.717) is 5.69 Å². The molecule has 1 amide bonds. The van der Waals surface area contributed by atoms with Crippen molar-refractivity contribution in [1.29, 1.82) is 0 Å². The second kappa shape index (κ2) is 4.43. The number of aromatic nitrogens is 3. The Bertz CT molecular complexity index is 497. The molecule has 16 heavy (non-hydrogen) atoms. The predicted molar refractivity (Wildman–Crippen MR) is 59.2 cm³/mol. The molecule has 0 unspecified atom stereocenters. The number of hydrogen-bond donors (Lipinski definition) is 3. The lowest BCUT2D eigenvalue weighted by molar-refractivity contribution is 0.0950. The summed E-state index contributed by atoms with van der Waals surface area (Å²) in [6, 6.07) is 5.34. The molecule has 2 aromatic heterocycles. The molecular formula is C10H11N5O. The van der Waals surface area contributed by atoms with E-state index in [-0.39, 0.29) is 5.91 Å². The third kappa shape index (κ3) is 2.35. The Morgan fingerprint density at radius 1 is 1.62 bits per heavy atom. The summed E-state index contributed by atoms with van der Waals surface area (Å²) < 4.78 is 0. The number of amides is 1. The van der Waals surface area contributed by atoms with Crippen molar-refractivity contribution in [2.24, 2.45) is 5.10 Å². The van der Waals surface area contributed by atoms with Crippen LogP contribution in [0, 0.1) is 6.92 Å². The highest BCUT2D eigenvalue weighted by molar-refractivity contribution is 5.92. The SMILES string of the molecule is Cc1cc(C(=O)N/N=C\c2ccc[nH]2)n[nH]1. The van der Waals surface area contributed by atoms with E-state index >= 15 is 0 Å². The van der Waals surface area contributed by atoms with Crippen LogP contribution in [0.15, 0.2) is 29.5 Å². The van der Waals surface area contributed by atoms with Gasteiger partial charge in [0, 0.05) is 11.9 Å². The van der Waals surface area contributed by atoms with E-state index in [0.717, 1.165) is 11.4 Å². The molecule has 0 aromatic carbocycles. The van der Waals surface area contributed by atoms with Crippen LogP contribution >= 0.6 is 0 Å². The number of hydrazone groups is 1. The third-order valence-corrected chi connectivity index (χ3v) is 1.93. The first-order valence-corrected chi connectivity index (χ1v) is 4.74. The number of aryl methyl sites for hydroxylation is 1. The molecule has 82 valence electrons. The maximum absolute atomic E-state index is 11.5. The summed E-state index contributed by atoms with van der Waals surface area (Å²) in [5.41, 5.74) is 4.35. The summed E-state index contributed by atoms with van der Waals surface area (Å²) in [7, 11) is 0. The Morgan fingerprint density at radius 2 is 2.50 bits per heavy atom. The van der Waals surface area contributed by atoms with Crippen molar-refractivity contribution < 1.29 is 4.79 Å². The number of hydrogen-bond acceptors (Lipinski definition) is 3. The molecule has 0 aliphatic heterocycles. The molecule has 6 heteroatoms. The fourth-order valence-corrected chi connectivity index (χ4v) is 1.18. The number of carbonyl (C=O) groups is 1. The zero-order valence-corrected chi connectivity index (χ0v) is 8.69. The lowest BCUT2D eigenvalue weighted by Gasteiger charge is -1.93. The number of nitrogens with zero attached hydrogens (tertiary/aromatic N) is 2. The molecule has 0 spiro atoms. The first-order valence-electron chi connectivity index (χ1n) is 4.74. The Balaban J connectivity index is 1.94. The molecule has 6 nitrogen and oxygen atoms in total. The van der Waals surface area contributed by atoms with E-state index < -0.39 is 0 Å². The maximum Gasteiger partial charge on any atom is 0.291 e. The van der Waals surface area contributed by atoms with Crippen molar-refractivity contribution in [2.45, 2.75) is 6.92 Å². The Kier molecular flexibility index (Phi) is 2.81. The van der Waals surface area contributed by atoms with Crippen LogP contribution in [0.4, 0.5) is 0 Å². The minimum Gasteiger partial charge on any atom is -0.360 e. The normalized spacial score (nSPS) is 10.8.